The van der Waals surface area contributed by atoms with Crippen LogP contribution in [0.15, 0.2) is 47.6 Å². The summed E-state index contributed by atoms with van der Waals surface area (Å²) in [5.41, 5.74) is 5.76. The highest BCUT2D eigenvalue weighted by molar-refractivity contribution is 5.99. The van der Waals surface area contributed by atoms with Crippen molar-refractivity contribution in [2.24, 2.45) is 5.10 Å². The Balaban J connectivity index is 1.57. The first kappa shape index (κ1) is 21.6. The molecular formula is C23H30N4O3. The van der Waals surface area contributed by atoms with E-state index in [-0.39, 0.29) is 12.5 Å². The maximum Gasteiger partial charge on any atom is 0.259 e. The van der Waals surface area contributed by atoms with E-state index in [1.807, 2.05) is 43.3 Å². The molecule has 1 fully saturated rings. The molecule has 0 atom stereocenters. The van der Waals surface area contributed by atoms with E-state index in [0.717, 1.165) is 36.4 Å². The molecule has 1 aliphatic heterocycles. The van der Waals surface area contributed by atoms with Crippen LogP contribution in [0.4, 0.5) is 5.69 Å². The minimum atomic E-state index is -0.257. The van der Waals surface area contributed by atoms with Crippen molar-refractivity contribution in [2.75, 3.05) is 32.1 Å². The Hall–Kier alpha value is -3.06. The maximum atomic E-state index is 12.2. The summed E-state index contributed by atoms with van der Waals surface area (Å²) in [7, 11) is 1.59. The number of phenolic OH excluding ortho intramolecular Hbond substituents is 1. The van der Waals surface area contributed by atoms with Crippen LogP contribution in [0.3, 0.4) is 0 Å². The summed E-state index contributed by atoms with van der Waals surface area (Å²) in [5.74, 6) is 0.713. The molecule has 30 heavy (non-hydrogen) atoms. The number of piperidine rings is 1. The van der Waals surface area contributed by atoms with Gasteiger partial charge in [-0.15, -0.1) is 0 Å². The minimum absolute atomic E-state index is 0.0763. The second-order valence-electron chi connectivity index (χ2n) is 7.47. The Labute approximate surface area is 177 Å². The summed E-state index contributed by atoms with van der Waals surface area (Å²) >= 11 is 0. The molecule has 1 aliphatic rings. The number of hydrazone groups is 1. The lowest BCUT2D eigenvalue weighted by Gasteiger charge is -2.26. The molecule has 0 unspecified atom stereocenters. The number of nitrogens with one attached hydrogen (secondary N) is 2. The normalized spacial score (nSPS) is 14.9. The van der Waals surface area contributed by atoms with Crippen molar-refractivity contribution in [1.82, 2.24) is 10.3 Å². The Kier molecular flexibility index (Phi) is 7.68. The number of methoxy groups -OCH3 is 1. The molecule has 0 aromatic heterocycles. The minimum Gasteiger partial charge on any atom is -0.508 e. The first-order chi connectivity index (χ1) is 14.6. The lowest BCUT2D eigenvalue weighted by atomic mass is 10.0. The van der Waals surface area contributed by atoms with E-state index in [1.54, 1.807) is 13.2 Å². The number of hydrogen-bond donors (Lipinski definition) is 3. The highest BCUT2D eigenvalue weighted by Gasteiger charge is 2.13. The fourth-order valence-corrected chi connectivity index (χ4v) is 3.51. The van der Waals surface area contributed by atoms with Gasteiger partial charge in [0, 0.05) is 12.1 Å². The molecule has 0 spiro atoms. The summed E-state index contributed by atoms with van der Waals surface area (Å²) in [6.45, 7) is 4.76. The molecule has 1 saturated heterocycles. The monoisotopic (exact) mass is 410 g/mol. The first-order valence-corrected chi connectivity index (χ1v) is 10.3. The summed E-state index contributed by atoms with van der Waals surface area (Å²) in [5, 5.41) is 17.5. The lowest BCUT2D eigenvalue weighted by Crippen LogP contribution is -2.29. The van der Waals surface area contributed by atoms with Crippen LogP contribution in [0.5, 0.6) is 11.5 Å². The topological polar surface area (TPSA) is 86.2 Å². The molecule has 0 aliphatic carbocycles. The SMILES string of the molecule is COc1ccccc1NCC(=O)N/N=C(\C)c1ccc(O)c(CN2CCCCC2)c1. The molecule has 0 radical (unpaired) electrons. The Bertz CT molecular complexity index is 892. The van der Waals surface area contributed by atoms with Crippen LogP contribution in [-0.4, -0.2) is 48.4 Å². The number of phenols is 1. The summed E-state index contributed by atoms with van der Waals surface area (Å²) < 4.78 is 5.26. The quantitative estimate of drug-likeness (QED) is 0.459. The zero-order valence-electron chi connectivity index (χ0n) is 17.6. The predicted octanol–water partition coefficient (Wildman–Crippen LogP) is 3.34. The number of rotatable bonds is 8. The number of amides is 1. The van der Waals surface area contributed by atoms with E-state index >= 15 is 0 Å². The molecule has 7 heteroatoms. The number of carbonyl (C=O) groups excluding carboxylic acids is 1. The van der Waals surface area contributed by atoms with Gasteiger partial charge in [0.1, 0.15) is 11.5 Å². The zero-order valence-corrected chi connectivity index (χ0v) is 17.6. The third-order valence-corrected chi connectivity index (χ3v) is 5.23. The van der Waals surface area contributed by atoms with Crippen molar-refractivity contribution in [3.8, 4) is 11.5 Å². The van der Waals surface area contributed by atoms with E-state index in [0.29, 0.717) is 17.2 Å². The van der Waals surface area contributed by atoms with E-state index in [1.165, 1.54) is 19.3 Å². The average molecular weight is 411 g/mol. The molecular weight excluding hydrogens is 380 g/mol. The molecule has 0 bridgehead atoms. The van der Waals surface area contributed by atoms with Crippen LogP contribution in [0.2, 0.25) is 0 Å². The van der Waals surface area contributed by atoms with Gasteiger partial charge in [-0.2, -0.15) is 5.10 Å². The van der Waals surface area contributed by atoms with Crippen LogP contribution < -0.4 is 15.5 Å². The maximum absolute atomic E-state index is 12.2. The van der Waals surface area contributed by atoms with Gasteiger partial charge in [-0.05, 0) is 68.8 Å². The molecule has 0 saturated carbocycles. The van der Waals surface area contributed by atoms with Crippen molar-refractivity contribution >= 4 is 17.3 Å². The largest absolute Gasteiger partial charge is 0.508 e. The Morgan fingerprint density at radius 3 is 2.70 bits per heavy atom. The molecule has 1 amide bonds. The second-order valence-corrected chi connectivity index (χ2v) is 7.47. The Morgan fingerprint density at radius 1 is 1.17 bits per heavy atom. The van der Waals surface area contributed by atoms with Crippen LogP contribution in [0, 0.1) is 0 Å². The number of aromatic hydroxyl groups is 1. The van der Waals surface area contributed by atoms with Gasteiger partial charge >= 0.3 is 0 Å². The average Bonchev–Trinajstić information content (AvgIpc) is 2.78. The molecule has 7 nitrogen and oxygen atoms in total. The van der Waals surface area contributed by atoms with E-state index < -0.39 is 0 Å². The van der Waals surface area contributed by atoms with Gasteiger partial charge in [0.05, 0.1) is 25.1 Å². The number of benzene rings is 2. The van der Waals surface area contributed by atoms with E-state index in [2.05, 4.69) is 20.7 Å². The van der Waals surface area contributed by atoms with Crippen molar-refractivity contribution < 1.29 is 14.6 Å². The first-order valence-electron chi connectivity index (χ1n) is 10.3. The van der Waals surface area contributed by atoms with Crippen LogP contribution >= 0.6 is 0 Å². The van der Waals surface area contributed by atoms with E-state index in [9.17, 15) is 9.90 Å². The zero-order chi connectivity index (χ0) is 21.3. The summed E-state index contributed by atoms with van der Waals surface area (Å²) in [6.07, 6.45) is 3.69. The highest BCUT2D eigenvalue weighted by Crippen LogP contribution is 2.23. The number of likely N-dealkylation sites (tertiary alicyclic amines) is 1. The lowest BCUT2D eigenvalue weighted by molar-refractivity contribution is -0.119. The third kappa shape index (κ3) is 5.97. The smallest absolute Gasteiger partial charge is 0.259 e. The highest BCUT2D eigenvalue weighted by atomic mass is 16.5. The van der Waals surface area contributed by atoms with E-state index in [4.69, 9.17) is 4.74 Å². The number of nitrogens with zero attached hydrogens (tertiary/aromatic N) is 2. The van der Waals surface area contributed by atoms with Crippen LogP contribution in [0.25, 0.3) is 0 Å². The van der Waals surface area contributed by atoms with Crippen molar-refractivity contribution in [3.63, 3.8) is 0 Å². The standard InChI is InChI=1S/C23H30N4O3/c1-17(25-26-23(29)15-24-20-8-4-5-9-22(20)30-2)18-10-11-21(28)19(14-18)16-27-12-6-3-7-13-27/h4-5,8-11,14,24,28H,3,6-7,12-13,15-16H2,1-2H3,(H,26,29)/b25-17+. The molecule has 3 N–H and O–H groups in total. The number of anilines is 1. The molecule has 1 heterocycles. The fraction of sp³-hybridized carbons (Fsp3) is 0.391. The molecule has 3 rings (SSSR count). The van der Waals surface area contributed by atoms with Gasteiger partial charge in [0.15, 0.2) is 0 Å². The van der Waals surface area contributed by atoms with Crippen molar-refractivity contribution in [3.05, 3.63) is 53.6 Å². The molecule has 2 aromatic rings. The number of para-hydroxylation sites is 2. The molecule has 2 aromatic carbocycles. The number of carbonyl (C=O) groups is 1. The fourth-order valence-electron chi connectivity index (χ4n) is 3.51. The van der Waals surface area contributed by atoms with Gasteiger partial charge < -0.3 is 15.2 Å². The van der Waals surface area contributed by atoms with Gasteiger partial charge in [-0.25, -0.2) is 5.43 Å². The van der Waals surface area contributed by atoms with Gasteiger partial charge in [0.25, 0.3) is 5.91 Å². The number of hydrogen-bond acceptors (Lipinski definition) is 6. The summed E-state index contributed by atoms with van der Waals surface area (Å²) in [6, 6.07) is 12.9. The second kappa shape index (κ2) is 10.6. The van der Waals surface area contributed by atoms with Crippen LogP contribution in [-0.2, 0) is 11.3 Å². The Morgan fingerprint density at radius 2 is 1.93 bits per heavy atom. The predicted molar refractivity (Wildman–Crippen MR) is 119 cm³/mol. The van der Waals surface area contributed by atoms with Gasteiger partial charge in [-0.1, -0.05) is 18.6 Å². The van der Waals surface area contributed by atoms with Crippen molar-refractivity contribution in [1.29, 1.82) is 0 Å². The number of ether oxygens (including phenoxy) is 1. The van der Waals surface area contributed by atoms with Gasteiger partial charge in [-0.3, -0.25) is 9.69 Å². The molecule has 160 valence electrons. The third-order valence-electron chi connectivity index (χ3n) is 5.23. The van der Waals surface area contributed by atoms with Crippen molar-refractivity contribution in [2.45, 2.75) is 32.7 Å². The van der Waals surface area contributed by atoms with Crippen LogP contribution in [0.1, 0.15) is 37.3 Å². The summed E-state index contributed by atoms with van der Waals surface area (Å²) in [4.78, 5) is 14.5. The van der Waals surface area contributed by atoms with Gasteiger partial charge in [0.2, 0.25) is 0 Å².